The first-order valence-electron chi connectivity index (χ1n) is 9.79. The number of hydrogen-bond donors (Lipinski definition) is 0. The third-order valence-corrected chi connectivity index (χ3v) is 5.08. The Morgan fingerprint density at radius 1 is 1.15 bits per heavy atom. The largest absolute Gasteiger partial charge is 0.444 e. The molecule has 2 fully saturated rings. The number of carbonyl (C=O) groups is 2. The monoisotopic (exact) mass is 373 g/mol. The molecule has 0 N–H and O–H groups in total. The summed E-state index contributed by atoms with van der Waals surface area (Å²) >= 11 is 0. The van der Waals surface area contributed by atoms with Crippen molar-refractivity contribution in [1.82, 2.24) is 9.80 Å². The summed E-state index contributed by atoms with van der Waals surface area (Å²) in [5.41, 5.74) is 0.422. The maximum atomic E-state index is 12.9. The van der Waals surface area contributed by atoms with Gasteiger partial charge in [-0.3, -0.25) is 9.69 Å². The van der Waals surface area contributed by atoms with Gasteiger partial charge in [-0.2, -0.15) is 0 Å². The summed E-state index contributed by atoms with van der Waals surface area (Å²) in [6.07, 6.45) is 1.68. The molecule has 1 saturated heterocycles. The zero-order valence-electron chi connectivity index (χ0n) is 16.9. The lowest BCUT2D eigenvalue weighted by Crippen LogP contribution is -2.58. The molecule has 0 bridgehead atoms. The number of anilines is 1. The molecule has 0 spiro atoms. The molecule has 148 valence electrons. The molecule has 0 aromatic heterocycles. The van der Waals surface area contributed by atoms with Crippen LogP contribution in [-0.2, 0) is 9.53 Å². The minimum Gasteiger partial charge on any atom is -0.444 e. The van der Waals surface area contributed by atoms with Crippen molar-refractivity contribution in [2.24, 2.45) is 5.92 Å². The van der Waals surface area contributed by atoms with Crippen LogP contribution < -0.4 is 4.90 Å². The van der Waals surface area contributed by atoms with Crippen molar-refractivity contribution >= 4 is 17.7 Å². The smallest absolute Gasteiger partial charge is 0.410 e. The van der Waals surface area contributed by atoms with Gasteiger partial charge in [0.25, 0.3) is 0 Å². The van der Waals surface area contributed by atoms with Crippen molar-refractivity contribution in [3.63, 3.8) is 0 Å². The van der Waals surface area contributed by atoms with Gasteiger partial charge < -0.3 is 14.5 Å². The molecule has 1 aliphatic heterocycles. The second-order valence-corrected chi connectivity index (χ2v) is 8.62. The van der Waals surface area contributed by atoms with Crippen molar-refractivity contribution < 1.29 is 14.3 Å². The van der Waals surface area contributed by atoms with E-state index in [0.29, 0.717) is 19.6 Å². The maximum absolute atomic E-state index is 12.9. The maximum Gasteiger partial charge on any atom is 0.410 e. The average molecular weight is 373 g/mol. The number of para-hydroxylation sites is 1. The molecule has 0 radical (unpaired) electrons. The fraction of sp³-hybridized carbons (Fsp3) is 0.619. The molecular weight excluding hydrogens is 342 g/mol. The van der Waals surface area contributed by atoms with E-state index in [1.54, 1.807) is 4.90 Å². The Labute approximate surface area is 162 Å². The Morgan fingerprint density at radius 3 is 2.41 bits per heavy atom. The van der Waals surface area contributed by atoms with E-state index < -0.39 is 5.60 Å². The van der Waals surface area contributed by atoms with Gasteiger partial charge in [0.05, 0.1) is 0 Å². The summed E-state index contributed by atoms with van der Waals surface area (Å²) in [6, 6.07) is 9.92. The lowest BCUT2D eigenvalue weighted by molar-refractivity contribution is -0.120. The Bertz CT molecular complexity index is 667. The van der Waals surface area contributed by atoms with E-state index in [1.165, 1.54) is 0 Å². The van der Waals surface area contributed by atoms with Gasteiger partial charge in [-0.25, -0.2) is 4.79 Å². The molecule has 2 amide bonds. The number of nitrogens with zero attached hydrogens (tertiary/aromatic N) is 3. The van der Waals surface area contributed by atoms with Gasteiger partial charge in [0.1, 0.15) is 5.60 Å². The van der Waals surface area contributed by atoms with Crippen LogP contribution in [0.15, 0.2) is 30.3 Å². The van der Waals surface area contributed by atoms with Gasteiger partial charge in [-0.15, -0.1) is 0 Å². The first kappa shape index (κ1) is 19.7. The highest BCUT2D eigenvalue weighted by atomic mass is 16.6. The average Bonchev–Trinajstić information content (AvgIpc) is 3.45. The quantitative estimate of drug-likeness (QED) is 0.814. The van der Waals surface area contributed by atoms with Crippen LogP contribution in [0.4, 0.5) is 10.5 Å². The molecular formula is C21H31N3O3. The standard InChI is InChI=1S/C21H31N3O3/c1-21(2,3)27-20(26)23-13-12-22(4)18(14-23)15-24(19(25)16-10-11-16)17-8-6-5-7-9-17/h5-9,16,18H,10-15H2,1-4H3. The van der Waals surface area contributed by atoms with Gasteiger partial charge in [0.2, 0.25) is 5.91 Å². The normalized spacial score (nSPS) is 21.0. The fourth-order valence-corrected chi connectivity index (χ4v) is 3.33. The highest BCUT2D eigenvalue weighted by molar-refractivity contribution is 5.96. The van der Waals surface area contributed by atoms with E-state index in [-0.39, 0.29) is 24.0 Å². The van der Waals surface area contributed by atoms with Gasteiger partial charge in [0.15, 0.2) is 0 Å². The van der Waals surface area contributed by atoms with E-state index in [4.69, 9.17) is 4.74 Å². The zero-order chi connectivity index (χ0) is 19.6. The highest BCUT2D eigenvalue weighted by Gasteiger charge is 2.37. The Balaban J connectivity index is 1.72. The molecule has 1 atom stereocenters. The summed E-state index contributed by atoms with van der Waals surface area (Å²) in [6.45, 7) is 8.19. The summed E-state index contributed by atoms with van der Waals surface area (Å²) < 4.78 is 5.53. The first-order valence-corrected chi connectivity index (χ1v) is 9.79. The molecule has 6 heteroatoms. The molecule has 6 nitrogen and oxygen atoms in total. The van der Waals surface area contributed by atoms with Gasteiger partial charge in [-0.05, 0) is 52.8 Å². The molecule has 1 saturated carbocycles. The van der Waals surface area contributed by atoms with Crippen LogP contribution in [-0.4, -0.2) is 66.7 Å². The lowest BCUT2D eigenvalue weighted by atomic mass is 10.1. The minimum atomic E-state index is -0.506. The van der Waals surface area contributed by atoms with E-state index in [0.717, 1.165) is 25.1 Å². The van der Waals surface area contributed by atoms with Crippen molar-refractivity contribution in [2.75, 3.05) is 38.1 Å². The number of carbonyl (C=O) groups excluding carboxylic acids is 2. The van der Waals surface area contributed by atoms with E-state index in [9.17, 15) is 9.59 Å². The number of piperazine rings is 1. The minimum absolute atomic E-state index is 0.0779. The van der Waals surface area contributed by atoms with Crippen molar-refractivity contribution in [2.45, 2.75) is 45.3 Å². The Hall–Kier alpha value is -2.08. The van der Waals surface area contributed by atoms with Crippen LogP contribution in [0.2, 0.25) is 0 Å². The molecule has 1 heterocycles. The van der Waals surface area contributed by atoms with Gasteiger partial charge >= 0.3 is 6.09 Å². The van der Waals surface area contributed by atoms with E-state index in [1.807, 2.05) is 56.0 Å². The summed E-state index contributed by atoms with van der Waals surface area (Å²) in [7, 11) is 2.06. The molecule has 1 aromatic rings. The van der Waals surface area contributed by atoms with Crippen molar-refractivity contribution in [1.29, 1.82) is 0 Å². The van der Waals surface area contributed by atoms with Crippen LogP contribution in [0.3, 0.4) is 0 Å². The fourth-order valence-electron chi connectivity index (χ4n) is 3.33. The zero-order valence-corrected chi connectivity index (χ0v) is 16.9. The van der Waals surface area contributed by atoms with Crippen molar-refractivity contribution in [3.8, 4) is 0 Å². The number of likely N-dealkylation sites (N-methyl/N-ethyl adjacent to an activating group) is 1. The molecule has 1 aliphatic carbocycles. The molecule has 1 aromatic carbocycles. The molecule has 1 unspecified atom stereocenters. The Morgan fingerprint density at radius 2 is 1.81 bits per heavy atom. The number of amides is 2. The van der Waals surface area contributed by atoms with E-state index in [2.05, 4.69) is 11.9 Å². The van der Waals surface area contributed by atoms with Crippen LogP contribution in [0.5, 0.6) is 0 Å². The summed E-state index contributed by atoms with van der Waals surface area (Å²) in [5.74, 6) is 0.352. The third kappa shape index (κ3) is 5.22. The highest BCUT2D eigenvalue weighted by Crippen LogP contribution is 2.33. The molecule has 2 aliphatic rings. The van der Waals surface area contributed by atoms with Crippen LogP contribution in [0.25, 0.3) is 0 Å². The predicted octanol–water partition coefficient (Wildman–Crippen LogP) is 2.98. The van der Waals surface area contributed by atoms with Crippen LogP contribution in [0, 0.1) is 5.92 Å². The SMILES string of the molecule is CN1CCN(C(=O)OC(C)(C)C)CC1CN(C(=O)C1CC1)c1ccccc1. The van der Waals surface area contributed by atoms with Gasteiger partial charge in [-0.1, -0.05) is 18.2 Å². The summed E-state index contributed by atoms with van der Waals surface area (Å²) in [5, 5.41) is 0. The first-order chi connectivity index (χ1) is 12.7. The van der Waals surface area contributed by atoms with Crippen LogP contribution in [0.1, 0.15) is 33.6 Å². The van der Waals surface area contributed by atoms with E-state index >= 15 is 0 Å². The summed E-state index contributed by atoms with van der Waals surface area (Å²) in [4.78, 5) is 31.3. The third-order valence-electron chi connectivity index (χ3n) is 5.08. The predicted molar refractivity (Wildman–Crippen MR) is 106 cm³/mol. The lowest BCUT2D eigenvalue weighted by Gasteiger charge is -2.41. The molecule has 3 rings (SSSR count). The van der Waals surface area contributed by atoms with Crippen LogP contribution >= 0.6 is 0 Å². The number of rotatable bonds is 4. The number of hydrogen-bond acceptors (Lipinski definition) is 4. The second-order valence-electron chi connectivity index (χ2n) is 8.62. The molecule has 27 heavy (non-hydrogen) atoms. The second kappa shape index (κ2) is 7.89. The van der Waals surface area contributed by atoms with Gasteiger partial charge in [0, 0.05) is 43.8 Å². The Kier molecular flexibility index (Phi) is 5.75. The topological polar surface area (TPSA) is 53.1 Å². The van der Waals surface area contributed by atoms with Crippen molar-refractivity contribution in [3.05, 3.63) is 30.3 Å². The number of benzene rings is 1. The number of ether oxygens (including phenoxy) is 1.